The molecule has 6 heteroatoms. The van der Waals surface area contributed by atoms with Gasteiger partial charge in [0.2, 0.25) is 5.91 Å². The van der Waals surface area contributed by atoms with Crippen molar-refractivity contribution < 1.29 is 4.79 Å². The lowest BCUT2D eigenvalue weighted by atomic mass is 10.1. The molecule has 0 unspecified atom stereocenters. The van der Waals surface area contributed by atoms with Crippen LogP contribution in [0.1, 0.15) is 5.69 Å². The van der Waals surface area contributed by atoms with Crippen LogP contribution in [-0.2, 0) is 11.3 Å². The zero-order chi connectivity index (χ0) is 20.2. The van der Waals surface area contributed by atoms with E-state index >= 15 is 0 Å². The number of nitrogens with one attached hydrogen (secondary N) is 1. The number of imidazole rings is 1. The van der Waals surface area contributed by atoms with E-state index in [9.17, 15) is 4.79 Å². The van der Waals surface area contributed by atoms with Crippen molar-refractivity contribution >= 4 is 33.2 Å². The van der Waals surface area contributed by atoms with E-state index in [1.54, 1.807) is 0 Å². The summed E-state index contributed by atoms with van der Waals surface area (Å²) in [4.78, 5) is 19.3. The first-order valence-corrected chi connectivity index (χ1v) is 10.2. The SMILES string of the molecule is CN(CC(=O)Nc1ccccc1Br)Cc1c(-c2ccccc2)nc2ccccn12. The zero-order valence-corrected chi connectivity index (χ0v) is 17.6. The van der Waals surface area contributed by atoms with E-state index in [0.717, 1.165) is 32.8 Å². The molecule has 0 aliphatic heterocycles. The Hall–Kier alpha value is -2.96. The van der Waals surface area contributed by atoms with E-state index in [1.165, 1.54) is 0 Å². The predicted molar refractivity (Wildman–Crippen MR) is 120 cm³/mol. The van der Waals surface area contributed by atoms with Gasteiger partial charge in [0.25, 0.3) is 0 Å². The van der Waals surface area contributed by atoms with E-state index in [0.29, 0.717) is 6.54 Å². The van der Waals surface area contributed by atoms with Crippen molar-refractivity contribution in [3.8, 4) is 11.3 Å². The maximum absolute atomic E-state index is 12.5. The number of halogens is 1. The summed E-state index contributed by atoms with van der Waals surface area (Å²) in [5.74, 6) is -0.0607. The molecular formula is C23H21BrN4O. The molecule has 4 aromatic rings. The van der Waals surface area contributed by atoms with Crippen molar-refractivity contribution in [2.24, 2.45) is 0 Å². The van der Waals surface area contributed by atoms with Crippen LogP contribution in [0.4, 0.5) is 5.69 Å². The van der Waals surface area contributed by atoms with Gasteiger partial charge in [0.15, 0.2) is 0 Å². The summed E-state index contributed by atoms with van der Waals surface area (Å²) in [6.07, 6.45) is 2.01. The standard InChI is InChI=1S/C23H21BrN4O/c1-27(16-22(29)25-19-12-6-5-11-18(19)24)15-20-23(17-9-3-2-4-10-17)26-21-13-7-8-14-28(20)21/h2-14H,15-16H2,1H3,(H,25,29). The van der Waals surface area contributed by atoms with Crippen molar-refractivity contribution in [2.75, 3.05) is 18.9 Å². The first-order valence-electron chi connectivity index (χ1n) is 9.36. The lowest BCUT2D eigenvalue weighted by molar-refractivity contribution is -0.117. The second-order valence-electron chi connectivity index (χ2n) is 6.90. The number of likely N-dealkylation sites (N-methyl/N-ethyl adjacent to an activating group) is 1. The molecule has 0 aliphatic rings. The predicted octanol–water partition coefficient (Wildman–Crippen LogP) is 4.83. The number of carbonyl (C=O) groups excluding carboxylic acids is 1. The van der Waals surface area contributed by atoms with Gasteiger partial charge in [0.1, 0.15) is 5.65 Å². The van der Waals surface area contributed by atoms with Gasteiger partial charge in [-0.3, -0.25) is 9.69 Å². The third-order valence-electron chi connectivity index (χ3n) is 4.66. The van der Waals surface area contributed by atoms with E-state index < -0.39 is 0 Å². The van der Waals surface area contributed by atoms with Gasteiger partial charge < -0.3 is 9.72 Å². The average Bonchev–Trinajstić information content (AvgIpc) is 3.09. The molecule has 0 fully saturated rings. The number of para-hydroxylation sites is 1. The van der Waals surface area contributed by atoms with Crippen molar-refractivity contribution in [3.63, 3.8) is 0 Å². The van der Waals surface area contributed by atoms with E-state index in [1.807, 2.05) is 78.8 Å². The number of hydrogen-bond acceptors (Lipinski definition) is 3. The topological polar surface area (TPSA) is 49.6 Å². The molecule has 0 bridgehead atoms. The molecule has 1 N–H and O–H groups in total. The Labute approximate surface area is 178 Å². The molecule has 0 spiro atoms. The number of fused-ring (bicyclic) bond motifs is 1. The van der Waals surface area contributed by atoms with Gasteiger partial charge >= 0.3 is 0 Å². The zero-order valence-electron chi connectivity index (χ0n) is 16.0. The molecule has 0 atom stereocenters. The molecule has 5 nitrogen and oxygen atoms in total. The highest BCUT2D eigenvalue weighted by molar-refractivity contribution is 9.10. The Balaban J connectivity index is 1.55. The van der Waals surface area contributed by atoms with E-state index in [-0.39, 0.29) is 12.5 Å². The maximum atomic E-state index is 12.5. The maximum Gasteiger partial charge on any atom is 0.238 e. The summed E-state index contributed by atoms with van der Waals surface area (Å²) < 4.78 is 2.95. The molecule has 0 radical (unpaired) electrons. The van der Waals surface area contributed by atoms with Crippen LogP contribution in [0.3, 0.4) is 0 Å². The van der Waals surface area contributed by atoms with Crippen LogP contribution < -0.4 is 5.32 Å². The number of anilines is 1. The number of carbonyl (C=O) groups is 1. The minimum Gasteiger partial charge on any atom is -0.324 e. The summed E-state index contributed by atoms with van der Waals surface area (Å²) >= 11 is 3.46. The first kappa shape index (κ1) is 19.4. The minimum absolute atomic E-state index is 0.0607. The highest BCUT2D eigenvalue weighted by atomic mass is 79.9. The Morgan fingerprint density at radius 1 is 1.03 bits per heavy atom. The normalized spacial score (nSPS) is 11.1. The van der Waals surface area contributed by atoms with E-state index in [4.69, 9.17) is 4.98 Å². The Morgan fingerprint density at radius 3 is 2.55 bits per heavy atom. The second-order valence-corrected chi connectivity index (χ2v) is 7.76. The number of pyridine rings is 1. The van der Waals surface area contributed by atoms with Gasteiger partial charge in [0.05, 0.1) is 23.6 Å². The quantitative estimate of drug-likeness (QED) is 0.459. The van der Waals surface area contributed by atoms with Crippen molar-refractivity contribution in [1.82, 2.24) is 14.3 Å². The largest absolute Gasteiger partial charge is 0.324 e. The van der Waals surface area contributed by atoms with Crippen molar-refractivity contribution in [3.05, 3.63) is 89.2 Å². The number of hydrogen-bond donors (Lipinski definition) is 1. The number of aromatic nitrogens is 2. The fraction of sp³-hybridized carbons (Fsp3) is 0.130. The molecule has 0 saturated carbocycles. The van der Waals surface area contributed by atoms with Gasteiger partial charge in [-0.25, -0.2) is 4.98 Å². The molecule has 4 rings (SSSR count). The molecule has 0 saturated heterocycles. The third-order valence-corrected chi connectivity index (χ3v) is 5.35. The molecule has 29 heavy (non-hydrogen) atoms. The molecule has 0 aliphatic carbocycles. The van der Waals surface area contributed by atoms with Gasteiger partial charge in [-0.15, -0.1) is 0 Å². The third kappa shape index (κ3) is 4.39. The number of nitrogens with zero attached hydrogens (tertiary/aromatic N) is 3. The summed E-state index contributed by atoms with van der Waals surface area (Å²) in [7, 11) is 1.94. The molecule has 1 amide bonds. The van der Waals surface area contributed by atoms with Crippen LogP contribution in [0, 0.1) is 0 Å². The lowest BCUT2D eigenvalue weighted by Gasteiger charge is -2.17. The van der Waals surface area contributed by atoms with Crippen molar-refractivity contribution in [2.45, 2.75) is 6.54 Å². The molecule has 2 heterocycles. The smallest absolute Gasteiger partial charge is 0.238 e. The van der Waals surface area contributed by atoms with E-state index in [2.05, 4.69) is 37.8 Å². The van der Waals surface area contributed by atoms with Crippen LogP contribution in [0.25, 0.3) is 16.9 Å². The number of rotatable bonds is 6. The highest BCUT2D eigenvalue weighted by Gasteiger charge is 2.17. The second kappa shape index (κ2) is 8.59. The fourth-order valence-corrected chi connectivity index (χ4v) is 3.72. The average molecular weight is 449 g/mol. The van der Waals surface area contributed by atoms with Gasteiger partial charge in [-0.2, -0.15) is 0 Å². The Bertz CT molecular complexity index is 1140. The Kier molecular flexibility index (Phi) is 5.74. The van der Waals surface area contributed by atoms with Gasteiger partial charge in [0, 0.05) is 22.8 Å². The summed E-state index contributed by atoms with van der Waals surface area (Å²) in [6, 6.07) is 23.7. The summed E-state index contributed by atoms with van der Waals surface area (Å²) in [5, 5.41) is 2.95. The van der Waals surface area contributed by atoms with Gasteiger partial charge in [-0.05, 0) is 47.2 Å². The lowest BCUT2D eigenvalue weighted by Crippen LogP contribution is -2.30. The summed E-state index contributed by atoms with van der Waals surface area (Å²) in [6.45, 7) is 0.869. The first-order chi connectivity index (χ1) is 14.1. The molecular weight excluding hydrogens is 428 g/mol. The highest BCUT2D eigenvalue weighted by Crippen LogP contribution is 2.25. The minimum atomic E-state index is -0.0607. The number of benzene rings is 2. The van der Waals surface area contributed by atoms with Crippen LogP contribution >= 0.6 is 15.9 Å². The van der Waals surface area contributed by atoms with Crippen LogP contribution in [0.15, 0.2) is 83.5 Å². The monoisotopic (exact) mass is 448 g/mol. The Morgan fingerprint density at radius 2 is 1.76 bits per heavy atom. The fourth-order valence-electron chi connectivity index (χ4n) is 3.33. The van der Waals surface area contributed by atoms with Crippen LogP contribution in [0.2, 0.25) is 0 Å². The van der Waals surface area contributed by atoms with Crippen molar-refractivity contribution in [1.29, 1.82) is 0 Å². The molecule has 2 aromatic carbocycles. The van der Waals surface area contributed by atoms with Crippen LogP contribution in [0.5, 0.6) is 0 Å². The van der Waals surface area contributed by atoms with Gasteiger partial charge in [-0.1, -0.05) is 48.5 Å². The molecule has 146 valence electrons. The summed E-state index contributed by atoms with van der Waals surface area (Å²) in [5.41, 5.74) is 4.73. The molecule has 2 aromatic heterocycles. The van der Waals surface area contributed by atoms with Crippen LogP contribution in [-0.4, -0.2) is 33.8 Å². The number of amides is 1.